The summed E-state index contributed by atoms with van der Waals surface area (Å²) in [7, 11) is 0. The van der Waals surface area contributed by atoms with Crippen LogP contribution in [0.2, 0.25) is 0 Å². The van der Waals surface area contributed by atoms with Crippen molar-refractivity contribution in [3.63, 3.8) is 0 Å². The highest BCUT2D eigenvalue weighted by Gasteiger charge is 2.19. The molecule has 0 saturated carbocycles. The Morgan fingerprint density at radius 2 is 2.04 bits per heavy atom. The average molecular weight is 318 g/mol. The van der Waals surface area contributed by atoms with Gasteiger partial charge >= 0.3 is 5.69 Å². The van der Waals surface area contributed by atoms with E-state index < -0.39 is 22.3 Å². The van der Waals surface area contributed by atoms with Gasteiger partial charge in [0.25, 0.3) is 5.91 Å². The molecule has 7 heteroatoms. The van der Waals surface area contributed by atoms with Crippen molar-refractivity contribution in [2.24, 2.45) is 0 Å². The van der Waals surface area contributed by atoms with Gasteiger partial charge in [-0.25, -0.2) is 4.39 Å². The smallest absolute Gasteiger partial charge is 0.310 e. The van der Waals surface area contributed by atoms with Crippen LogP contribution in [0.5, 0.6) is 5.75 Å². The predicted molar refractivity (Wildman–Crippen MR) is 81.6 cm³/mol. The number of carbonyl (C=O) groups excluding carboxylic acids is 1. The zero-order valence-corrected chi connectivity index (χ0v) is 12.4. The Hall–Kier alpha value is -2.96. The molecule has 2 rings (SSSR count). The molecule has 0 heterocycles. The number of phenols is 1. The van der Waals surface area contributed by atoms with Crippen molar-refractivity contribution in [3.05, 3.63) is 69.5 Å². The molecule has 0 aliphatic heterocycles. The summed E-state index contributed by atoms with van der Waals surface area (Å²) in [5, 5.41) is 20.3. The van der Waals surface area contributed by atoms with Crippen LogP contribution in [-0.2, 0) is 6.54 Å². The second-order valence-electron chi connectivity index (χ2n) is 4.91. The number of rotatable bonds is 5. The summed E-state index contributed by atoms with van der Waals surface area (Å²) in [6.45, 7) is 2.33. The molecule has 0 bridgehead atoms. The number of carbonyl (C=O) groups is 1. The number of benzene rings is 2. The number of nitro groups is 1. The van der Waals surface area contributed by atoms with Gasteiger partial charge in [-0.15, -0.1) is 0 Å². The summed E-state index contributed by atoms with van der Waals surface area (Å²) in [4.78, 5) is 23.9. The molecule has 0 aliphatic rings. The standard InChI is InChI=1S/C16H15FN2O4/c1-2-18(10-11-4-3-5-13(17)8-11)16(21)12-6-7-14(19(22)23)15(20)9-12/h3-9,20H,2,10H2,1H3. The second-order valence-corrected chi connectivity index (χ2v) is 4.91. The molecule has 0 fully saturated rings. The molecule has 6 nitrogen and oxygen atoms in total. The highest BCUT2D eigenvalue weighted by atomic mass is 19.1. The van der Waals surface area contributed by atoms with Crippen LogP contribution in [-0.4, -0.2) is 27.4 Å². The van der Waals surface area contributed by atoms with E-state index in [4.69, 9.17) is 0 Å². The molecule has 0 atom stereocenters. The third-order valence-electron chi connectivity index (χ3n) is 3.35. The molecule has 0 aromatic heterocycles. The molecule has 2 aromatic carbocycles. The Morgan fingerprint density at radius 1 is 1.30 bits per heavy atom. The molecular formula is C16H15FN2O4. The molecule has 1 N–H and O–H groups in total. The highest BCUT2D eigenvalue weighted by molar-refractivity contribution is 5.95. The van der Waals surface area contributed by atoms with Gasteiger partial charge < -0.3 is 10.0 Å². The molecule has 2 aromatic rings. The zero-order chi connectivity index (χ0) is 17.0. The Labute approximate surface area is 131 Å². The summed E-state index contributed by atoms with van der Waals surface area (Å²) >= 11 is 0. The minimum Gasteiger partial charge on any atom is -0.502 e. The molecule has 1 amide bonds. The summed E-state index contributed by atoms with van der Waals surface area (Å²) < 4.78 is 13.2. The number of hydrogen-bond acceptors (Lipinski definition) is 4. The van der Waals surface area contributed by atoms with Crippen LogP contribution in [0.25, 0.3) is 0 Å². The molecule has 0 radical (unpaired) electrons. The minimum atomic E-state index is -0.728. The maximum Gasteiger partial charge on any atom is 0.310 e. The highest BCUT2D eigenvalue weighted by Crippen LogP contribution is 2.27. The SMILES string of the molecule is CCN(Cc1cccc(F)c1)C(=O)c1ccc([N+](=O)[O-])c(O)c1. The van der Waals surface area contributed by atoms with Crippen molar-refractivity contribution in [2.75, 3.05) is 6.54 Å². The van der Waals surface area contributed by atoms with Gasteiger partial charge in [0.2, 0.25) is 0 Å². The summed E-state index contributed by atoms with van der Waals surface area (Å²) in [5.41, 5.74) is 0.299. The lowest BCUT2D eigenvalue weighted by Crippen LogP contribution is -2.30. The average Bonchev–Trinajstić information content (AvgIpc) is 2.51. The van der Waals surface area contributed by atoms with Crippen molar-refractivity contribution in [1.29, 1.82) is 0 Å². The third kappa shape index (κ3) is 3.82. The number of hydrogen-bond donors (Lipinski definition) is 1. The molecular weight excluding hydrogens is 303 g/mol. The summed E-state index contributed by atoms with van der Waals surface area (Å²) in [6.07, 6.45) is 0. The molecule has 23 heavy (non-hydrogen) atoms. The van der Waals surface area contributed by atoms with Gasteiger partial charge in [-0.05, 0) is 36.8 Å². The number of amides is 1. The fraction of sp³-hybridized carbons (Fsp3) is 0.188. The van der Waals surface area contributed by atoms with Gasteiger partial charge in [0.05, 0.1) is 4.92 Å². The molecule has 0 aliphatic carbocycles. The third-order valence-corrected chi connectivity index (χ3v) is 3.35. The van der Waals surface area contributed by atoms with E-state index in [0.29, 0.717) is 12.1 Å². The molecule has 120 valence electrons. The summed E-state index contributed by atoms with van der Waals surface area (Å²) in [5.74, 6) is -1.36. The maximum absolute atomic E-state index is 13.2. The van der Waals surface area contributed by atoms with Crippen LogP contribution in [0.4, 0.5) is 10.1 Å². The predicted octanol–water partition coefficient (Wildman–Crippen LogP) is 3.10. The second kappa shape index (κ2) is 6.87. The van der Waals surface area contributed by atoms with Crippen LogP contribution in [0.3, 0.4) is 0 Å². The lowest BCUT2D eigenvalue weighted by atomic mass is 10.1. The van der Waals surface area contributed by atoms with E-state index in [2.05, 4.69) is 0 Å². The Kier molecular flexibility index (Phi) is 4.90. The van der Waals surface area contributed by atoms with E-state index >= 15 is 0 Å². The van der Waals surface area contributed by atoms with Gasteiger partial charge in [0.15, 0.2) is 5.75 Å². The lowest BCUT2D eigenvalue weighted by molar-refractivity contribution is -0.385. The van der Waals surface area contributed by atoms with Crippen LogP contribution in [0.15, 0.2) is 42.5 Å². The maximum atomic E-state index is 13.2. The van der Waals surface area contributed by atoms with Crippen LogP contribution in [0.1, 0.15) is 22.8 Å². The monoisotopic (exact) mass is 318 g/mol. The van der Waals surface area contributed by atoms with Gasteiger partial charge in [-0.2, -0.15) is 0 Å². The Morgan fingerprint density at radius 3 is 2.61 bits per heavy atom. The number of aromatic hydroxyl groups is 1. The van der Waals surface area contributed by atoms with Gasteiger partial charge in [0.1, 0.15) is 5.82 Å². The zero-order valence-electron chi connectivity index (χ0n) is 12.4. The first-order valence-corrected chi connectivity index (χ1v) is 6.93. The van der Waals surface area contributed by atoms with Crippen molar-refractivity contribution in [1.82, 2.24) is 4.90 Å². The van der Waals surface area contributed by atoms with Crippen LogP contribution in [0, 0.1) is 15.9 Å². The Bertz CT molecular complexity index is 749. The Balaban J connectivity index is 2.23. The van der Waals surface area contributed by atoms with E-state index in [9.17, 15) is 24.4 Å². The van der Waals surface area contributed by atoms with Gasteiger partial charge in [-0.1, -0.05) is 12.1 Å². The molecule has 0 spiro atoms. The van der Waals surface area contributed by atoms with E-state index in [0.717, 1.165) is 12.1 Å². The summed E-state index contributed by atoms with van der Waals surface area (Å²) in [6, 6.07) is 9.34. The van der Waals surface area contributed by atoms with Crippen LogP contribution >= 0.6 is 0 Å². The first kappa shape index (κ1) is 16.4. The fourth-order valence-electron chi connectivity index (χ4n) is 2.18. The van der Waals surface area contributed by atoms with Crippen molar-refractivity contribution < 1.29 is 19.2 Å². The fourth-order valence-corrected chi connectivity index (χ4v) is 2.18. The largest absolute Gasteiger partial charge is 0.502 e. The number of phenolic OH excluding ortho intramolecular Hbond substituents is 1. The topological polar surface area (TPSA) is 83.7 Å². The van der Waals surface area contributed by atoms with Crippen molar-refractivity contribution >= 4 is 11.6 Å². The normalized spacial score (nSPS) is 10.3. The molecule has 0 unspecified atom stereocenters. The van der Waals surface area contributed by atoms with Crippen molar-refractivity contribution in [2.45, 2.75) is 13.5 Å². The lowest BCUT2D eigenvalue weighted by Gasteiger charge is -2.21. The van der Waals surface area contributed by atoms with E-state index in [1.807, 2.05) is 0 Å². The first-order chi connectivity index (χ1) is 10.9. The van der Waals surface area contributed by atoms with E-state index in [1.165, 1.54) is 23.1 Å². The molecule has 0 saturated heterocycles. The quantitative estimate of drug-likeness (QED) is 0.678. The van der Waals surface area contributed by atoms with Crippen LogP contribution < -0.4 is 0 Å². The van der Waals surface area contributed by atoms with Gasteiger partial charge in [0, 0.05) is 24.7 Å². The van der Waals surface area contributed by atoms with Gasteiger partial charge in [-0.3, -0.25) is 14.9 Å². The van der Waals surface area contributed by atoms with E-state index in [1.54, 1.807) is 19.1 Å². The van der Waals surface area contributed by atoms with Crippen molar-refractivity contribution in [3.8, 4) is 5.75 Å². The first-order valence-electron chi connectivity index (χ1n) is 6.93. The minimum absolute atomic E-state index is 0.131. The number of halogens is 1. The van der Waals surface area contributed by atoms with E-state index in [-0.39, 0.29) is 17.9 Å². The number of nitro benzene ring substituents is 1. The number of nitrogens with zero attached hydrogens (tertiary/aromatic N) is 2.